The van der Waals surface area contributed by atoms with Crippen LogP contribution in [0.1, 0.15) is 129 Å². The summed E-state index contributed by atoms with van der Waals surface area (Å²) in [6.07, 6.45) is 28.8. The lowest BCUT2D eigenvalue weighted by Crippen LogP contribution is -1.92. The summed E-state index contributed by atoms with van der Waals surface area (Å²) in [5, 5.41) is 8.61. The third-order valence-electron chi connectivity index (χ3n) is 5.33. The Bertz CT molecular complexity index is 426. The van der Waals surface area contributed by atoms with Crippen molar-refractivity contribution >= 4 is 21.9 Å². The number of carboxylic acid groups (broad SMARTS) is 1. The zero-order valence-corrected chi connectivity index (χ0v) is 20.9. The van der Waals surface area contributed by atoms with Crippen LogP contribution in [0.5, 0.6) is 0 Å². The molecule has 0 unspecified atom stereocenters. The third kappa shape index (κ3) is 25.4. The maximum Gasteiger partial charge on any atom is 0.303 e. The monoisotopic (exact) mass is 470 g/mol. The second kappa shape index (κ2) is 22.1. The fraction of sp³-hybridized carbons (Fsp3) is 0.808. The highest BCUT2D eigenvalue weighted by Crippen LogP contribution is 2.16. The minimum atomic E-state index is -0.708. The molecule has 0 saturated carbocycles. The van der Waals surface area contributed by atoms with Gasteiger partial charge in [-0.25, -0.2) is 0 Å². The number of hydrogen-bond donors (Lipinski definition) is 1. The van der Waals surface area contributed by atoms with Gasteiger partial charge in [-0.2, -0.15) is 0 Å². The zero-order chi connectivity index (χ0) is 21.6. The highest BCUT2D eigenvalue weighted by atomic mass is 79.9. The molecule has 0 bridgehead atoms. The van der Waals surface area contributed by atoms with Crippen molar-refractivity contribution in [2.75, 3.05) is 0 Å². The molecule has 3 heteroatoms. The molecule has 0 heterocycles. The Morgan fingerprint density at radius 3 is 1.79 bits per heavy atom. The topological polar surface area (TPSA) is 37.3 Å². The summed E-state index contributed by atoms with van der Waals surface area (Å²) in [5.74, 6) is 0.165. The largest absolute Gasteiger partial charge is 0.481 e. The van der Waals surface area contributed by atoms with Crippen LogP contribution >= 0.6 is 15.9 Å². The molecule has 0 fully saturated rings. The number of carboxylic acids is 1. The van der Waals surface area contributed by atoms with Gasteiger partial charge in [0.2, 0.25) is 0 Å². The van der Waals surface area contributed by atoms with E-state index in [-0.39, 0.29) is 6.42 Å². The van der Waals surface area contributed by atoms with Gasteiger partial charge in [0, 0.05) is 6.42 Å². The lowest BCUT2D eigenvalue weighted by Gasteiger charge is -2.04. The van der Waals surface area contributed by atoms with Gasteiger partial charge in [-0.3, -0.25) is 4.79 Å². The van der Waals surface area contributed by atoms with Crippen molar-refractivity contribution in [1.82, 2.24) is 0 Å². The Kier molecular flexibility index (Phi) is 21.7. The highest BCUT2D eigenvalue weighted by molar-refractivity contribution is 9.11. The Labute approximate surface area is 189 Å². The van der Waals surface area contributed by atoms with Crippen molar-refractivity contribution in [1.29, 1.82) is 0 Å². The van der Waals surface area contributed by atoms with Gasteiger partial charge in [0.15, 0.2) is 0 Å². The molecule has 1 N–H and O–H groups in total. The lowest BCUT2D eigenvalue weighted by atomic mass is 10.0. The van der Waals surface area contributed by atoms with Crippen molar-refractivity contribution in [3.8, 4) is 0 Å². The van der Waals surface area contributed by atoms with E-state index < -0.39 is 5.97 Å². The standard InChI is InChI=1S/C26H47BrO2/c1-24(2)20-16-14-12-10-8-6-4-3-5-7-9-11-13-15-17-21-25(27)22-18-19-23-26(28)29/h13,15,22,24H,3-12,14,16-21,23H2,1-2H3,(H,28,29). The summed E-state index contributed by atoms with van der Waals surface area (Å²) in [5.41, 5.74) is 0. The average molecular weight is 472 g/mol. The van der Waals surface area contributed by atoms with Crippen molar-refractivity contribution < 1.29 is 9.90 Å². The number of hydrogen-bond acceptors (Lipinski definition) is 1. The smallest absolute Gasteiger partial charge is 0.303 e. The van der Waals surface area contributed by atoms with Crippen LogP contribution in [0.4, 0.5) is 0 Å². The highest BCUT2D eigenvalue weighted by Gasteiger charge is 1.97. The molecule has 0 aliphatic carbocycles. The molecule has 29 heavy (non-hydrogen) atoms. The first-order valence-corrected chi connectivity index (χ1v) is 13.0. The molecule has 2 nitrogen and oxygen atoms in total. The Morgan fingerprint density at radius 2 is 1.24 bits per heavy atom. The second-order valence-corrected chi connectivity index (χ2v) is 9.83. The molecule has 0 spiro atoms. The van der Waals surface area contributed by atoms with Crippen LogP contribution in [0.3, 0.4) is 0 Å². The van der Waals surface area contributed by atoms with Crippen LogP contribution in [0.25, 0.3) is 0 Å². The van der Waals surface area contributed by atoms with Gasteiger partial charge in [0.05, 0.1) is 0 Å². The minimum Gasteiger partial charge on any atom is -0.481 e. The molecule has 0 aliphatic rings. The second-order valence-electron chi connectivity index (χ2n) is 8.81. The van der Waals surface area contributed by atoms with Crippen molar-refractivity contribution in [3.63, 3.8) is 0 Å². The summed E-state index contributed by atoms with van der Waals surface area (Å²) in [6, 6.07) is 0. The van der Waals surface area contributed by atoms with Gasteiger partial charge in [0.1, 0.15) is 0 Å². The fourth-order valence-electron chi connectivity index (χ4n) is 3.48. The van der Waals surface area contributed by atoms with Gasteiger partial charge in [-0.15, -0.1) is 0 Å². The first-order valence-electron chi connectivity index (χ1n) is 12.2. The van der Waals surface area contributed by atoms with Crippen LogP contribution < -0.4 is 0 Å². The van der Waals surface area contributed by atoms with E-state index in [4.69, 9.17) is 5.11 Å². The van der Waals surface area contributed by atoms with Gasteiger partial charge >= 0.3 is 5.97 Å². The van der Waals surface area contributed by atoms with E-state index in [2.05, 4.69) is 48.0 Å². The van der Waals surface area contributed by atoms with Gasteiger partial charge < -0.3 is 5.11 Å². The maximum absolute atomic E-state index is 10.5. The molecule has 0 radical (unpaired) electrons. The molecule has 0 aliphatic heterocycles. The van der Waals surface area contributed by atoms with Crippen LogP contribution in [0.2, 0.25) is 0 Å². The first-order chi connectivity index (χ1) is 14.0. The zero-order valence-electron chi connectivity index (χ0n) is 19.3. The van der Waals surface area contributed by atoms with Crippen molar-refractivity contribution in [2.24, 2.45) is 5.92 Å². The molecule has 0 atom stereocenters. The molecule has 0 aromatic carbocycles. The molecule has 0 aromatic rings. The SMILES string of the molecule is CC(C)CCCCCCCCCCCCCC=CCCC(Br)=CCCCC(=O)O. The predicted molar refractivity (Wildman–Crippen MR) is 132 cm³/mol. The quantitative estimate of drug-likeness (QED) is 0.134. The molecular formula is C26H47BrO2. The summed E-state index contributed by atoms with van der Waals surface area (Å²) >= 11 is 3.57. The normalized spacial score (nSPS) is 12.3. The Balaban J connectivity index is 3.28. The predicted octanol–water partition coefficient (Wildman–Crippen LogP) is 9.58. The van der Waals surface area contributed by atoms with E-state index in [9.17, 15) is 4.79 Å². The Hall–Kier alpha value is -0.570. The van der Waals surface area contributed by atoms with E-state index in [0.29, 0.717) is 0 Å². The summed E-state index contributed by atoms with van der Waals surface area (Å²) in [6.45, 7) is 4.65. The van der Waals surface area contributed by atoms with Crippen LogP contribution in [-0.4, -0.2) is 11.1 Å². The van der Waals surface area contributed by atoms with E-state index in [1.807, 2.05) is 0 Å². The van der Waals surface area contributed by atoms with E-state index in [1.54, 1.807) is 0 Å². The summed E-state index contributed by atoms with van der Waals surface area (Å²) < 4.78 is 1.20. The lowest BCUT2D eigenvalue weighted by molar-refractivity contribution is -0.137. The number of unbranched alkanes of at least 4 members (excludes halogenated alkanes) is 12. The van der Waals surface area contributed by atoms with E-state index >= 15 is 0 Å². The third-order valence-corrected chi connectivity index (χ3v) is 6.05. The van der Waals surface area contributed by atoms with Gasteiger partial charge in [0.25, 0.3) is 0 Å². The van der Waals surface area contributed by atoms with Crippen LogP contribution in [0, 0.1) is 5.92 Å². The average Bonchev–Trinajstić information content (AvgIpc) is 2.67. The number of rotatable bonds is 21. The van der Waals surface area contributed by atoms with Gasteiger partial charge in [-0.1, -0.05) is 119 Å². The Morgan fingerprint density at radius 1 is 0.724 bits per heavy atom. The summed E-state index contributed by atoms with van der Waals surface area (Å²) in [7, 11) is 0. The van der Waals surface area contributed by atoms with Crippen LogP contribution in [0.15, 0.2) is 22.7 Å². The van der Waals surface area contributed by atoms with E-state index in [0.717, 1.165) is 31.6 Å². The minimum absolute atomic E-state index is 0.259. The molecule has 0 amide bonds. The molecule has 0 aromatic heterocycles. The first kappa shape index (κ1) is 28.4. The maximum atomic E-state index is 10.5. The number of carbonyl (C=O) groups is 1. The number of allylic oxidation sites excluding steroid dienone is 4. The molecule has 0 rings (SSSR count). The number of halogens is 1. The summed E-state index contributed by atoms with van der Waals surface area (Å²) in [4.78, 5) is 10.5. The fourth-order valence-corrected chi connectivity index (χ4v) is 3.93. The molecule has 0 saturated heterocycles. The van der Waals surface area contributed by atoms with E-state index in [1.165, 1.54) is 88.0 Å². The molecular weight excluding hydrogens is 424 g/mol. The molecule has 170 valence electrons. The van der Waals surface area contributed by atoms with Crippen molar-refractivity contribution in [3.05, 3.63) is 22.7 Å². The van der Waals surface area contributed by atoms with Crippen LogP contribution in [-0.2, 0) is 4.79 Å². The van der Waals surface area contributed by atoms with Crippen molar-refractivity contribution in [2.45, 2.75) is 129 Å². The number of aliphatic carboxylic acids is 1. The van der Waals surface area contributed by atoms with Gasteiger partial charge in [-0.05, 0) is 48.9 Å².